The van der Waals surface area contributed by atoms with Gasteiger partial charge in [0, 0.05) is 11.6 Å². The zero-order valence-corrected chi connectivity index (χ0v) is 16.0. The molecule has 4 nitrogen and oxygen atoms in total. The number of nitrogens with one attached hydrogen (secondary N) is 1. The lowest BCUT2D eigenvalue weighted by atomic mass is 9.95. The molecule has 0 atom stereocenters. The molecule has 0 radical (unpaired) electrons. The van der Waals surface area contributed by atoms with Crippen LogP contribution in [-0.4, -0.2) is 13.4 Å². The number of nitrogens with zero attached hydrogens (tertiary/aromatic N) is 1. The van der Waals surface area contributed by atoms with Gasteiger partial charge in [-0.3, -0.25) is 9.71 Å². The summed E-state index contributed by atoms with van der Waals surface area (Å²) < 4.78 is 29.1. The molecule has 25 heavy (non-hydrogen) atoms. The van der Waals surface area contributed by atoms with E-state index in [9.17, 15) is 8.42 Å². The van der Waals surface area contributed by atoms with Crippen LogP contribution in [0.15, 0.2) is 41.4 Å². The molecule has 5 heteroatoms. The molecule has 0 aliphatic heterocycles. The van der Waals surface area contributed by atoms with Crippen LogP contribution in [0.3, 0.4) is 0 Å². The van der Waals surface area contributed by atoms with Gasteiger partial charge in [0.25, 0.3) is 10.0 Å². The zero-order valence-electron chi connectivity index (χ0n) is 15.1. The fourth-order valence-electron chi connectivity index (χ4n) is 3.26. The van der Waals surface area contributed by atoms with Crippen LogP contribution in [0.5, 0.6) is 0 Å². The minimum atomic E-state index is -3.71. The molecule has 0 bridgehead atoms. The second kappa shape index (κ2) is 6.15. The lowest BCUT2D eigenvalue weighted by Crippen LogP contribution is -2.18. The first-order valence-electron chi connectivity index (χ1n) is 8.17. The molecule has 1 heterocycles. The van der Waals surface area contributed by atoms with Gasteiger partial charge in [-0.25, -0.2) is 8.42 Å². The number of rotatable bonds is 3. The molecular weight excluding hydrogens is 332 g/mol. The maximum Gasteiger partial charge on any atom is 0.262 e. The van der Waals surface area contributed by atoms with Gasteiger partial charge in [-0.05, 0) is 86.7 Å². The third-order valence-corrected chi connectivity index (χ3v) is 6.73. The number of sulfonamides is 1. The summed E-state index contributed by atoms with van der Waals surface area (Å²) in [6.07, 6.45) is 1.70. The Morgan fingerprint density at radius 3 is 2.04 bits per heavy atom. The second-order valence-corrected chi connectivity index (χ2v) is 8.05. The van der Waals surface area contributed by atoms with Crippen LogP contribution < -0.4 is 4.72 Å². The summed E-state index contributed by atoms with van der Waals surface area (Å²) in [5.41, 5.74) is 6.07. The number of hydrogen-bond acceptors (Lipinski definition) is 3. The summed E-state index contributed by atoms with van der Waals surface area (Å²) in [5, 5.41) is 0.782. The fourth-order valence-corrected chi connectivity index (χ4v) is 4.94. The van der Waals surface area contributed by atoms with Crippen molar-refractivity contribution in [1.29, 1.82) is 0 Å². The van der Waals surface area contributed by atoms with Crippen molar-refractivity contribution >= 4 is 26.6 Å². The highest BCUT2D eigenvalue weighted by Crippen LogP contribution is 2.32. The first-order valence-corrected chi connectivity index (χ1v) is 9.66. The van der Waals surface area contributed by atoms with Gasteiger partial charge in [-0.15, -0.1) is 0 Å². The molecule has 0 unspecified atom stereocenters. The van der Waals surface area contributed by atoms with Crippen molar-refractivity contribution in [2.75, 3.05) is 4.72 Å². The topological polar surface area (TPSA) is 59.1 Å². The molecule has 3 rings (SSSR count). The van der Waals surface area contributed by atoms with Crippen molar-refractivity contribution in [1.82, 2.24) is 4.98 Å². The van der Waals surface area contributed by atoms with E-state index < -0.39 is 10.0 Å². The molecule has 0 aliphatic rings. The number of aromatic nitrogens is 1. The Kier molecular flexibility index (Phi) is 4.29. The van der Waals surface area contributed by atoms with Gasteiger partial charge in [-0.1, -0.05) is 6.07 Å². The van der Waals surface area contributed by atoms with Crippen LogP contribution in [0.1, 0.15) is 27.8 Å². The van der Waals surface area contributed by atoms with Crippen molar-refractivity contribution in [2.24, 2.45) is 0 Å². The molecule has 0 saturated carbocycles. The Hall–Kier alpha value is -2.40. The highest BCUT2D eigenvalue weighted by atomic mass is 32.2. The summed E-state index contributed by atoms with van der Waals surface area (Å²) in [4.78, 5) is 4.65. The standard InChI is InChI=1S/C20H22N2O2S/c1-12-13(2)15(4)20(16(5)14(12)3)25(23,24)22-19-10-6-9-18-17(19)8-7-11-21-18/h6-11,22H,1-5H3. The van der Waals surface area contributed by atoms with Crippen LogP contribution >= 0.6 is 0 Å². The number of pyridine rings is 1. The minimum Gasteiger partial charge on any atom is -0.279 e. The molecule has 2 aromatic carbocycles. The van der Waals surface area contributed by atoms with Gasteiger partial charge in [0.05, 0.1) is 16.1 Å². The van der Waals surface area contributed by atoms with Crippen LogP contribution in [0.2, 0.25) is 0 Å². The zero-order chi connectivity index (χ0) is 18.4. The van der Waals surface area contributed by atoms with E-state index in [1.165, 1.54) is 0 Å². The minimum absolute atomic E-state index is 0.369. The number of hydrogen-bond donors (Lipinski definition) is 1. The molecule has 130 valence electrons. The van der Waals surface area contributed by atoms with Gasteiger partial charge >= 0.3 is 0 Å². The highest BCUT2D eigenvalue weighted by molar-refractivity contribution is 7.92. The molecule has 0 spiro atoms. The molecule has 0 fully saturated rings. The molecule has 0 amide bonds. The van der Waals surface area contributed by atoms with Gasteiger partial charge in [-0.2, -0.15) is 0 Å². The van der Waals surface area contributed by atoms with Gasteiger partial charge in [0.1, 0.15) is 0 Å². The highest BCUT2D eigenvalue weighted by Gasteiger charge is 2.24. The van der Waals surface area contributed by atoms with Gasteiger partial charge in [0.15, 0.2) is 0 Å². The number of fused-ring (bicyclic) bond motifs is 1. The Balaban J connectivity index is 2.19. The smallest absolute Gasteiger partial charge is 0.262 e. The predicted octanol–water partition coefficient (Wildman–Crippen LogP) is 4.58. The fraction of sp³-hybridized carbons (Fsp3) is 0.250. The van der Waals surface area contributed by atoms with Crippen LogP contribution in [0, 0.1) is 34.6 Å². The molecule has 0 aliphatic carbocycles. The Morgan fingerprint density at radius 1 is 0.800 bits per heavy atom. The predicted molar refractivity (Wildman–Crippen MR) is 103 cm³/mol. The summed E-state index contributed by atoms with van der Waals surface area (Å²) in [7, 11) is -3.71. The summed E-state index contributed by atoms with van der Waals surface area (Å²) in [5.74, 6) is 0. The van der Waals surface area contributed by atoms with Crippen molar-refractivity contribution in [3.8, 4) is 0 Å². The van der Waals surface area contributed by atoms with Crippen LogP contribution in [-0.2, 0) is 10.0 Å². The van der Waals surface area contributed by atoms with Gasteiger partial charge < -0.3 is 0 Å². The van der Waals surface area contributed by atoms with E-state index in [-0.39, 0.29) is 0 Å². The Bertz CT molecular complexity index is 1050. The molecule has 1 N–H and O–H groups in total. The lowest BCUT2D eigenvalue weighted by Gasteiger charge is -2.19. The van der Waals surface area contributed by atoms with Crippen molar-refractivity contribution in [2.45, 2.75) is 39.5 Å². The van der Waals surface area contributed by atoms with Crippen molar-refractivity contribution in [3.05, 3.63) is 64.3 Å². The van der Waals surface area contributed by atoms with Gasteiger partial charge in [0.2, 0.25) is 0 Å². The largest absolute Gasteiger partial charge is 0.279 e. The first-order chi connectivity index (χ1) is 11.7. The Morgan fingerprint density at radius 2 is 1.40 bits per heavy atom. The van der Waals surface area contributed by atoms with Crippen molar-refractivity contribution in [3.63, 3.8) is 0 Å². The SMILES string of the molecule is Cc1c(C)c(C)c(S(=O)(=O)Nc2cccc3ncccc23)c(C)c1C. The van der Waals surface area contributed by atoms with Crippen molar-refractivity contribution < 1.29 is 8.42 Å². The monoisotopic (exact) mass is 354 g/mol. The average molecular weight is 354 g/mol. The van der Waals surface area contributed by atoms with E-state index >= 15 is 0 Å². The average Bonchev–Trinajstić information content (AvgIpc) is 2.58. The lowest BCUT2D eigenvalue weighted by molar-refractivity contribution is 0.599. The van der Waals surface area contributed by atoms with Crippen LogP contribution in [0.25, 0.3) is 10.9 Å². The van der Waals surface area contributed by atoms with E-state index in [1.54, 1.807) is 24.4 Å². The number of anilines is 1. The summed E-state index contributed by atoms with van der Waals surface area (Å²) in [6.45, 7) is 9.71. The second-order valence-electron chi connectivity index (χ2n) is 6.44. The van der Waals surface area contributed by atoms with E-state index in [1.807, 2.05) is 46.8 Å². The van der Waals surface area contributed by atoms with E-state index in [4.69, 9.17) is 0 Å². The summed E-state index contributed by atoms with van der Waals surface area (Å²) in [6, 6.07) is 9.10. The third-order valence-electron chi connectivity index (χ3n) is 5.09. The third kappa shape index (κ3) is 2.89. The quantitative estimate of drug-likeness (QED) is 0.749. The maximum absolute atomic E-state index is 13.2. The molecule has 1 aromatic heterocycles. The Labute approximate surface area is 149 Å². The number of benzene rings is 2. The normalized spacial score (nSPS) is 11.7. The molecule has 0 saturated heterocycles. The maximum atomic E-state index is 13.2. The summed E-state index contributed by atoms with van der Waals surface area (Å²) >= 11 is 0. The molecular formula is C20H22N2O2S. The van der Waals surface area contributed by atoms with E-state index in [0.29, 0.717) is 10.6 Å². The van der Waals surface area contributed by atoms with E-state index in [0.717, 1.165) is 38.7 Å². The van der Waals surface area contributed by atoms with Crippen LogP contribution in [0.4, 0.5) is 5.69 Å². The first kappa shape index (κ1) is 17.4. The molecule has 3 aromatic rings. The van der Waals surface area contributed by atoms with E-state index in [2.05, 4.69) is 9.71 Å².